The van der Waals surface area contributed by atoms with Gasteiger partial charge in [-0.1, -0.05) is 12.8 Å². The molecule has 2 rings (SSSR count). The summed E-state index contributed by atoms with van der Waals surface area (Å²) < 4.78 is 0. The van der Waals surface area contributed by atoms with Gasteiger partial charge in [0.2, 0.25) is 5.91 Å². The number of nitrogens with zero attached hydrogens (tertiary/aromatic N) is 1. The molecule has 1 saturated carbocycles. The Hall–Kier alpha value is -1.52. The van der Waals surface area contributed by atoms with Crippen molar-refractivity contribution < 1.29 is 4.79 Å². The number of amides is 1. The van der Waals surface area contributed by atoms with E-state index in [4.69, 9.17) is 11.1 Å². The molecule has 1 aliphatic carbocycles. The molecule has 2 fully saturated rings. The van der Waals surface area contributed by atoms with Crippen molar-refractivity contribution in [1.29, 1.82) is 5.41 Å². The molecule has 4 N–H and O–H groups in total. The summed E-state index contributed by atoms with van der Waals surface area (Å²) in [5, 5.41) is 10.7. The van der Waals surface area contributed by atoms with Crippen LogP contribution in [0.5, 0.6) is 0 Å². The fourth-order valence-corrected chi connectivity index (χ4v) is 2.46. The molecule has 1 aliphatic heterocycles. The molecule has 0 aromatic carbocycles. The number of nitrogens with one attached hydrogen (secondary N) is 2. The molecule has 1 heterocycles. The van der Waals surface area contributed by atoms with Crippen LogP contribution in [0.2, 0.25) is 0 Å². The van der Waals surface area contributed by atoms with E-state index in [0.29, 0.717) is 30.5 Å². The first kappa shape index (κ1) is 11.0. The van der Waals surface area contributed by atoms with Gasteiger partial charge in [-0.2, -0.15) is 0 Å². The highest BCUT2D eigenvalue weighted by atomic mass is 16.1. The molecule has 0 bridgehead atoms. The van der Waals surface area contributed by atoms with E-state index in [-0.39, 0.29) is 5.91 Å². The summed E-state index contributed by atoms with van der Waals surface area (Å²) in [6.45, 7) is 0.632. The van der Waals surface area contributed by atoms with Gasteiger partial charge in [0.15, 0.2) is 0 Å². The van der Waals surface area contributed by atoms with Crippen LogP contribution in [0.3, 0.4) is 0 Å². The summed E-state index contributed by atoms with van der Waals surface area (Å²) in [5.41, 5.74) is 5.88. The maximum absolute atomic E-state index is 11.4. The van der Waals surface area contributed by atoms with Crippen LogP contribution in [0.15, 0.2) is 11.9 Å². The minimum atomic E-state index is -0.0538. The highest BCUT2D eigenvalue weighted by Gasteiger charge is 2.29. The molecule has 2 aliphatic rings. The monoisotopic (exact) mass is 222 g/mol. The summed E-state index contributed by atoms with van der Waals surface area (Å²) in [4.78, 5) is 13.4. The predicted molar refractivity (Wildman–Crippen MR) is 61.7 cm³/mol. The van der Waals surface area contributed by atoms with Crippen molar-refractivity contribution >= 4 is 11.7 Å². The minimum absolute atomic E-state index is 0.0538. The van der Waals surface area contributed by atoms with E-state index in [0.717, 1.165) is 12.8 Å². The highest BCUT2D eigenvalue weighted by Crippen LogP contribution is 2.25. The lowest BCUT2D eigenvalue weighted by Gasteiger charge is -2.29. The number of carbonyl (C=O) groups excluding carboxylic acids is 1. The number of amidine groups is 1. The van der Waals surface area contributed by atoms with Gasteiger partial charge < -0.3 is 16.0 Å². The first-order valence-electron chi connectivity index (χ1n) is 5.79. The first-order chi connectivity index (χ1) is 7.72. The number of hydrogen-bond donors (Lipinski definition) is 3. The van der Waals surface area contributed by atoms with Gasteiger partial charge in [-0.25, -0.2) is 0 Å². The van der Waals surface area contributed by atoms with Crippen molar-refractivity contribution in [3.05, 3.63) is 11.9 Å². The molecule has 0 atom stereocenters. The Morgan fingerprint density at radius 3 is 2.75 bits per heavy atom. The number of hydrogen-bond acceptors (Lipinski definition) is 3. The Morgan fingerprint density at radius 1 is 1.44 bits per heavy atom. The number of nitrogens with two attached hydrogens (primary N) is 1. The maximum atomic E-state index is 11.4. The number of carbonyl (C=O) groups is 1. The SMILES string of the molecule is N=C1/C(=C\N)NC(=O)CCN1C1CCCC1. The van der Waals surface area contributed by atoms with Crippen molar-refractivity contribution in [2.45, 2.75) is 38.1 Å². The molecule has 1 amide bonds. The molecule has 0 aromatic rings. The van der Waals surface area contributed by atoms with Gasteiger partial charge in [0.25, 0.3) is 0 Å². The molecular formula is C11H18N4O. The standard InChI is InChI=1S/C11H18N4O/c12-7-9-11(13)15(6-5-10(16)14-9)8-3-1-2-4-8/h7-8,13H,1-6,12H2,(H,14,16)/b9-7+,13-11?. The Kier molecular flexibility index (Phi) is 3.12. The van der Waals surface area contributed by atoms with Crippen LogP contribution in [-0.4, -0.2) is 29.2 Å². The lowest BCUT2D eigenvalue weighted by molar-refractivity contribution is -0.120. The van der Waals surface area contributed by atoms with Crippen molar-refractivity contribution in [3.8, 4) is 0 Å². The molecule has 0 unspecified atom stereocenters. The van der Waals surface area contributed by atoms with E-state index in [9.17, 15) is 4.79 Å². The summed E-state index contributed by atoms with van der Waals surface area (Å²) in [5.74, 6) is 0.308. The van der Waals surface area contributed by atoms with Crippen LogP contribution < -0.4 is 11.1 Å². The molecule has 0 spiro atoms. The summed E-state index contributed by atoms with van der Waals surface area (Å²) in [6, 6.07) is 0.412. The van der Waals surface area contributed by atoms with Gasteiger partial charge >= 0.3 is 0 Å². The van der Waals surface area contributed by atoms with Gasteiger partial charge in [-0.15, -0.1) is 0 Å². The zero-order valence-corrected chi connectivity index (χ0v) is 9.33. The van der Waals surface area contributed by atoms with E-state index in [1.807, 2.05) is 4.90 Å². The summed E-state index contributed by atoms with van der Waals surface area (Å²) in [6.07, 6.45) is 6.43. The average molecular weight is 222 g/mol. The Bertz CT molecular complexity index is 331. The molecule has 0 aromatic heterocycles. The molecular weight excluding hydrogens is 204 g/mol. The lowest BCUT2D eigenvalue weighted by Crippen LogP contribution is -2.40. The normalized spacial score (nSPS) is 26.0. The maximum Gasteiger partial charge on any atom is 0.226 e. The second-order valence-electron chi connectivity index (χ2n) is 4.36. The molecule has 88 valence electrons. The van der Waals surface area contributed by atoms with Gasteiger partial charge in [-0.3, -0.25) is 10.2 Å². The molecule has 1 saturated heterocycles. The Morgan fingerprint density at radius 2 is 2.12 bits per heavy atom. The van der Waals surface area contributed by atoms with Gasteiger partial charge in [0, 0.05) is 25.2 Å². The third-order valence-electron chi connectivity index (χ3n) is 3.33. The number of rotatable bonds is 1. The third kappa shape index (κ3) is 2.03. The van der Waals surface area contributed by atoms with Crippen LogP contribution in [0.1, 0.15) is 32.1 Å². The van der Waals surface area contributed by atoms with Gasteiger partial charge in [0.05, 0.1) is 5.70 Å². The van der Waals surface area contributed by atoms with Crippen molar-refractivity contribution in [2.75, 3.05) is 6.54 Å². The van der Waals surface area contributed by atoms with Gasteiger partial charge in [-0.05, 0) is 12.8 Å². The van der Waals surface area contributed by atoms with Crippen LogP contribution in [-0.2, 0) is 4.79 Å². The summed E-state index contributed by atoms with van der Waals surface area (Å²) >= 11 is 0. The van der Waals surface area contributed by atoms with Crippen LogP contribution in [0, 0.1) is 5.41 Å². The lowest BCUT2D eigenvalue weighted by atomic mass is 10.2. The van der Waals surface area contributed by atoms with Crippen molar-refractivity contribution in [2.24, 2.45) is 5.73 Å². The Balaban J connectivity index is 2.17. The van der Waals surface area contributed by atoms with Crippen LogP contribution >= 0.6 is 0 Å². The first-order valence-corrected chi connectivity index (χ1v) is 5.79. The van der Waals surface area contributed by atoms with Crippen LogP contribution in [0.4, 0.5) is 0 Å². The van der Waals surface area contributed by atoms with E-state index < -0.39 is 0 Å². The second-order valence-corrected chi connectivity index (χ2v) is 4.36. The largest absolute Gasteiger partial charge is 0.403 e. The van der Waals surface area contributed by atoms with Crippen molar-refractivity contribution in [3.63, 3.8) is 0 Å². The topological polar surface area (TPSA) is 82.2 Å². The van der Waals surface area contributed by atoms with E-state index in [1.54, 1.807) is 0 Å². The smallest absolute Gasteiger partial charge is 0.226 e. The quantitative estimate of drug-likeness (QED) is 0.605. The zero-order chi connectivity index (χ0) is 11.5. The van der Waals surface area contributed by atoms with E-state index in [2.05, 4.69) is 5.32 Å². The fourth-order valence-electron chi connectivity index (χ4n) is 2.46. The minimum Gasteiger partial charge on any atom is -0.403 e. The average Bonchev–Trinajstić information content (AvgIpc) is 2.75. The zero-order valence-electron chi connectivity index (χ0n) is 9.33. The molecule has 5 heteroatoms. The summed E-state index contributed by atoms with van der Waals surface area (Å²) in [7, 11) is 0. The van der Waals surface area contributed by atoms with Crippen molar-refractivity contribution in [1.82, 2.24) is 10.2 Å². The Labute approximate surface area is 95.2 Å². The highest BCUT2D eigenvalue weighted by molar-refractivity contribution is 6.00. The second kappa shape index (κ2) is 4.55. The van der Waals surface area contributed by atoms with E-state index >= 15 is 0 Å². The molecule has 5 nitrogen and oxygen atoms in total. The predicted octanol–water partition coefficient (Wildman–Crippen LogP) is 0.528. The van der Waals surface area contributed by atoms with Crippen LogP contribution in [0.25, 0.3) is 0 Å². The molecule has 0 radical (unpaired) electrons. The van der Waals surface area contributed by atoms with Gasteiger partial charge in [0.1, 0.15) is 5.84 Å². The third-order valence-corrected chi connectivity index (χ3v) is 3.33. The van der Waals surface area contributed by atoms with E-state index in [1.165, 1.54) is 19.0 Å². The fraction of sp³-hybridized carbons (Fsp3) is 0.636. The molecule has 16 heavy (non-hydrogen) atoms.